The van der Waals surface area contributed by atoms with Crippen molar-refractivity contribution in [2.75, 3.05) is 26.2 Å². The van der Waals surface area contributed by atoms with Gasteiger partial charge in [0.05, 0.1) is 68.8 Å². The van der Waals surface area contributed by atoms with Gasteiger partial charge in [-0.05, 0) is 134 Å². The summed E-state index contributed by atoms with van der Waals surface area (Å²) in [6.07, 6.45) is 11.1. The Hall–Kier alpha value is -7.41. The standard InChI is InChI=1S/C38H36N8O8.C16H36N.C2H4O2/c1-35(2)27-7-11-31(39-27)37(5,21-15-23(43(47)48)19-24(16-21)44(49)50)33-13-9-29(41-33)36(3,4)30-10-14-34(42-30)38(6,32-12-8-28(35)40-32)22-17-25(45(51)52)20-26(18-22)46(53)54;1-5-9-13-17(14-10-6-2,15-11-7-3)16-12-8-4;1-2(3)4/h7-20,39-42H,1-6H3;5-16H2,1-4H3;1H3,(H,3,4)/q;+1;/p-1. The number of non-ortho nitro benzene ring substituents is 4. The summed E-state index contributed by atoms with van der Waals surface area (Å²) in [5, 5.41) is 57.0. The Morgan fingerprint density at radius 2 is 0.627 bits per heavy atom. The number of aromatic amines is 4. The van der Waals surface area contributed by atoms with Crippen molar-refractivity contribution in [3.63, 3.8) is 0 Å². The SMILES string of the molecule is CC(=O)[O-].CC1(C)c2ccc([nH]2)C(C)(c2cc([N+](=O)[O-])cc([N+](=O)[O-])c2)c2ccc([nH]2)C(C)(C)c2ccc([nH]2)C(C)(c2cc([N+](=O)[O-])cc([N+](=O)[O-])c2)c2ccc1[nH]2.CCCC[N+](CCCC)(CCCC)CCCC. The van der Waals surface area contributed by atoms with Gasteiger partial charge in [0.15, 0.2) is 0 Å². The second-order valence-corrected chi connectivity index (χ2v) is 21.3. The van der Waals surface area contributed by atoms with Gasteiger partial charge in [0.2, 0.25) is 0 Å². The number of aromatic nitrogens is 4. The van der Waals surface area contributed by atoms with Crippen molar-refractivity contribution >= 4 is 28.7 Å². The van der Waals surface area contributed by atoms with E-state index in [1.807, 2.05) is 90.1 Å². The lowest BCUT2D eigenvalue weighted by Crippen LogP contribution is -2.50. The van der Waals surface area contributed by atoms with Gasteiger partial charge in [0.25, 0.3) is 22.7 Å². The van der Waals surface area contributed by atoms with Gasteiger partial charge < -0.3 is 34.3 Å². The van der Waals surface area contributed by atoms with Crippen molar-refractivity contribution in [3.05, 3.63) is 182 Å². The Bertz CT molecular complexity index is 2610. The molecule has 0 atom stereocenters. The molecule has 1 aliphatic heterocycles. The first-order chi connectivity index (χ1) is 35.2. The summed E-state index contributed by atoms with van der Waals surface area (Å²) < 4.78 is 1.42. The quantitative estimate of drug-likeness (QED) is 0.0359. The monoisotopic (exact) mass is 1030 g/mol. The average molecular weight is 1030 g/mol. The van der Waals surface area contributed by atoms with Crippen molar-refractivity contribution in [1.29, 1.82) is 0 Å². The molecule has 0 aliphatic carbocycles. The van der Waals surface area contributed by atoms with Gasteiger partial charge in [0, 0.05) is 86.6 Å². The second kappa shape index (κ2) is 23.9. The van der Waals surface area contributed by atoms with E-state index in [0.717, 1.165) is 41.8 Å². The number of carbonyl (C=O) groups excluding carboxylic acids is 1. The van der Waals surface area contributed by atoms with Gasteiger partial charge in [-0.25, -0.2) is 0 Å². The van der Waals surface area contributed by atoms with Crippen molar-refractivity contribution in [2.45, 2.75) is 149 Å². The van der Waals surface area contributed by atoms with E-state index in [4.69, 9.17) is 9.90 Å². The highest BCUT2D eigenvalue weighted by molar-refractivity contribution is 5.60. The molecule has 19 heteroatoms. The number of nitrogens with zero attached hydrogens (tertiary/aromatic N) is 5. The first-order valence-corrected chi connectivity index (χ1v) is 26.0. The molecular weight excluding hydrogens is 959 g/mol. The maximum absolute atomic E-state index is 12.0. The molecule has 19 nitrogen and oxygen atoms in total. The summed E-state index contributed by atoms with van der Waals surface area (Å²) in [6, 6.07) is 22.3. The average Bonchev–Trinajstić information content (AvgIpc) is 4.23. The molecule has 0 saturated carbocycles. The summed E-state index contributed by atoms with van der Waals surface area (Å²) in [4.78, 5) is 68.6. The van der Waals surface area contributed by atoms with E-state index in [1.54, 1.807) is 0 Å². The molecule has 5 heterocycles. The minimum Gasteiger partial charge on any atom is -0.550 e. The molecule has 0 unspecified atom stereocenters. The fraction of sp³-hybridized carbons (Fsp3) is 0.482. The number of unbranched alkanes of at least 4 members (excludes halogenated alkanes) is 4. The number of carbonyl (C=O) groups is 1. The third kappa shape index (κ3) is 12.6. The number of quaternary nitrogens is 1. The van der Waals surface area contributed by atoms with E-state index in [2.05, 4.69) is 47.6 Å². The molecule has 6 aromatic rings. The molecule has 0 fully saturated rings. The zero-order valence-corrected chi connectivity index (χ0v) is 45.4. The molecule has 4 aromatic heterocycles. The number of benzene rings is 2. The highest BCUT2D eigenvalue weighted by Gasteiger charge is 2.43. The van der Waals surface area contributed by atoms with Crippen LogP contribution >= 0.6 is 0 Å². The van der Waals surface area contributed by atoms with Gasteiger partial charge in [-0.3, -0.25) is 40.5 Å². The van der Waals surface area contributed by atoms with E-state index in [0.29, 0.717) is 33.9 Å². The zero-order chi connectivity index (χ0) is 55.7. The molecular formula is C56H75N9O10. The Morgan fingerprint density at radius 3 is 0.813 bits per heavy atom. The van der Waals surface area contributed by atoms with E-state index < -0.39 is 70.1 Å². The minimum absolute atomic E-state index is 0.327. The summed E-state index contributed by atoms with van der Waals surface area (Å²) in [7, 11) is 0. The van der Waals surface area contributed by atoms with Crippen LogP contribution in [0.2, 0.25) is 0 Å². The lowest BCUT2D eigenvalue weighted by molar-refractivity contribution is -0.929. The molecule has 1 aliphatic rings. The summed E-state index contributed by atoms with van der Waals surface area (Å²) in [5.74, 6) is -1.08. The first kappa shape index (κ1) is 58.5. The van der Waals surface area contributed by atoms with Gasteiger partial charge in [-0.1, -0.05) is 53.4 Å². The van der Waals surface area contributed by atoms with Gasteiger partial charge in [-0.2, -0.15) is 0 Å². The van der Waals surface area contributed by atoms with Crippen molar-refractivity contribution < 1.29 is 34.1 Å². The van der Waals surface area contributed by atoms with Crippen LogP contribution in [0, 0.1) is 40.5 Å². The van der Waals surface area contributed by atoms with Crippen LogP contribution < -0.4 is 5.11 Å². The van der Waals surface area contributed by atoms with Gasteiger partial charge in [0.1, 0.15) is 0 Å². The largest absolute Gasteiger partial charge is 0.550 e. The number of carboxylic acid groups (broad SMARTS) is 1. The molecule has 2 aromatic carbocycles. The predicted octanol–water partition coefficient (Wildman–Crippen LogP) is 12.1. The van der Waals surface area contributed by atoms with Gasteiger partial charge >= 0.3 is 0 Å². The lowest BCUT2D eigenvalue weighted by atomic mass is 9.76. The maximum Gasteiger partial charge on any atom is 0.276 e. The van der Waals surface area contributed by atoms with Crippen LogP contribution in [0.5, 0.6) is 0 Å². The Morgan fingerprint density at radius 1 is 0.427 bits per heavy atom. The fourth-order valence-electron chi connectivity index (χ4n) is 10.2. The molecule has 4 N–H and O–H groups in total. The summed E-state index contributed by atoms with van der Waals surface area (Å²) in [5.41, 5.74) is 0.569. The van der Waals surface area contributed by atoms with Crippen LogP contribution in [0.25, 0.3) is 0 Å². The normalized spacial score (nSPS) is 17.4. The highest BCUT2D eigenvalue weighted by Crippen LogP contribution is 2.47. The smallest absolute Gasteiger partial charge is 0.276 e. The first-order valence-electron chi connectivity index (χ1n) is 26.0. The number of fused-ring (bicyclic) bond motifs is 8. The fourth-order valence-corrected chi connectivity index (χ4v) is 10.2. The summed E-state index contributed by atoms with van der Waals surface area (Å²) in [6.45, 7) is 27.6. The van der Waals surface area contributed by atoms with Crippen LogP contribution in [0.4, 0.5) is 22.7 Å². The van der Waals surface area contributed by atoms with E-state index in [1.165, 1.54) is 106 Å². The summed E-state index contributed by atoms with van der Waals surface area (Å²) >= 11 is 0. The second-order valence-electron chi connectivity index (χ2n) is 21.3. The number of hydrogen-bond acceptors (Lipinski definition) is 10. The number of hydrogen-bond donors (Lipinski definition) is 4. The number of aliphatic carboxylic acids is 1. The molecule has 8 bridgehead atoms. The van der Waals surface area contributed by atoms with Crippen LogP contribution in [-0.2, 0) is 26.5 Å². The number of carboxylic acids is 1. The minimum atomic E-state index is -1.17. The molecule has 0 spiro atoms. The third-order valence-electron chi connectivity index (χ3n) is 15.3. The molecule has 404 valence electrons. The zero-order valence-electron chi connectivity index (χ0n) is 45.4. The van der Waals surface area contributed by atoms with E-state index in [-0.39, 0.29) is 0 Å². The number of nitrogens with one attached hydrogen (secondary N) is 4. The Labute approximate surface area is 438 Å². The van der Waals surface area contributed by atoms with Crippen molar-refractivity contribution in [2.24, 2.45) is 0 Å². The Balaban J connectivity index is 0.000000418. The number of rotatable bonds is 18. The Kier molecular flexibility index (Phi) is 18.6. The van der Waals surface area contributed by atoms with Crippen molar-refractivity contribution in [3.8, 4) is 0 Å². The predicted molar refractivity (Wildman–Crippen MR) is 288 cm³/mol. The van der Waals surface area contributed by atoms with E-state index >= 15 is 0 Å². The molecule has 7 rings (SSSR count). The number of nitro groups is 4. The number of H-pyrrole nitrogens is 4. The lowest BCUT2D eigenvalue weighted by Gasteiger charge is -2.39. The number of nitro benzene ring substituents is 4. The third-order valence-corrected chi connectivity index (χ3v) is 15.3. The van der Waals surface area contributed by atoms with Crippen molar-refractivity contribution in [1.82, 2.24) is 19.9 Å². The van der Waals surface area contributed by atoms with Crippen LogP contribution in [0.3, 0.4) is 0 Å². The molecule has 0 saturated heterocycles. The topological polar surface area (TPSA) is 276 Å². The van der Waals surface area contributed by atoms with Gasteiger partial charge in [-0.15, -0.1) is 0 Å². The van der Waals surface area contributed by atoms with Crippen LogP contribution in [-0.4, -0.2) is 76.3 Å². The van der Waals surface area contributed by atoms with Crippen LogP contribution in [0.15, 0.2) is 84.9 Å². The van der Waals surface area contributed by atoms with E-state index in [9.17, 15) is 40.5 Å². The molecule has 0 amide bonds. The van der Waals surface area contributed by atoms with Crippen LogP contribution in [0.1, 0.15) is 184 Å². The molecule has 75 heavy (non-hydrogen) atoms. The molecule has 0 radical (unpaired) electrons. The highest BCUT2D eigenvalue weighted by atomic mass is 16.6. The maximum atomic E-state index is 12.0.